The minimum absolute atomic E-state index is 0.0121. The number of anilines is 2. The molecule has 14 heteroatoms. The largest absolute Gasteiger partial charge is 0.396 e. The first-order valence-electron chi connectivity index (χ1n) is 11.3. The fraction of sp³-hybridized carbons (Fsp3) is 0.619. The van der Waals surface area contributed by atoms with Crippen LogP contribution in [0.15, 0.2) is 12.5 Å². The Kier molecular flexibility index (Phi) is 7.04. The molecule has 1 atom stereocenters. The van der Waals surface area contributed by atoms with Crippen molar-refractivity contribution < 1.29 is 30.6 Å². The smallest absolute Gasteiger partial charge is 0.356 e. The van der Waals surface area contributed by atoms with Crippen molar-refractivity contribution >= 4 is 27.7 Å². The third kappa shape index (κ3) is 5.74. The molecular formula is C21H27F3N6O4S. The highest BCUT2D eigenvalue weighted by molar-refractivity contribution is 7.85. The van der Waals surface area contributed by atoms with Crippen molar-refractivity contribution in [2.75, 3.05) is 36.2 Å². The number of nitrogens with zero attached hydrogens (tertiary/aromatic N) is 5. The summed E-state index contributed by atoms with van der Waals surface area (Å²) >= 11 is 0. The maximum Gasteiger partial charge on any atom is 0.396 e. The van der Waals surface area contributed by atoms with Crippen LogP contribution in [0.25, 0.3) is 0 Å². The normalized spacial score (nSPS) is 19.5. The molecule has 10 nitrogen and oxygen atoms in total. The van der Waals surface area contributed by atoms with E-state index in [1.165, 1.54) is 6.33 Å². The summed E-state index contributed by atoms with van der Waals surface area (Å²) in [6.07, 6.45) is 0.703. The second kappa shape index (κ2) is 9.72. The van der Waals surface area contributed by atoms with Gasteiger partial charge in [-0.2, -0.15) is 21.6 Å². The van der Waals surface area contributed by atoms with Crippen molar-refractivity contribution in [1.82, 2.24) is 19.5 Å². The molecule has 1 fully saturated rings. The van der Waals surface area contributed by atoms with Crippen LogP contribution in [0.2, 0.25) is 0 Å². The van der Waals surface area contributed by atoms with Gasteiger partial charge < -0.3 is 14.8 Å². The second-order valence-corrected chi connectivity index (χ2v) is 10.4. The highest BCUT2D eigenvalue weighted by atomic mass is 32.2. The molecule has 2 aliphatic rings. The molecule has 0 saturated carbocycles. The molecule has 0 spiro atoms. The molecule has 35 heavy (non-hydrogen) atoms. The van der Waals surface area contributed by atoms with E-state index in [-0.39, 0.29) is 29.7 Å². The lowest BCUT2D eigenvalue weighted by Crippen LogP contribution is -2.38. The minimum Gasteiger partial charge on any atom is -0.356 e. The Morgan fingerprint density at radius 1 is 1.23 bits per heavy atom. The summed E-state index contributed by atoms with van der Waals surface area (Å²) in [6, 6.07) is 0. The van der Waals surface area contributed by atoms with Gasteiger partial charge in [0.15, 0.2) is 0 Å². The van der Waals surface area contributed by atoms with E-state index in [4.69, 9.17) is 9.17 Å². The van der Waals surface area contributed by atoms with Gasteiger partial charge in [0, 0.05) is 38.2 Å². The standard InChI is InChI=1S/C21H27F3N6O4S/c1-3-14-11-30(8-9-34-35(2,32)33)19(27-14)13-4-6-29(7-5-13)20-17-15(21(22,23)24)10-16(31)28-18(17)25-12-26-20/h11-13,15H,3-10H2,1-2H3,(H,25,26,28,31). The van der Waals surface area contributed by atoms with Gasteiger partial charge in [0.25, 0.3) is 10.1 Å². The Bertz CT molecular complexity index is 1190. The number of amides is 1. The molecule has 1 N–H and O–H groups in total. The van der Waals surface area contributed by atoms with E-state index < -0.39 is 34.5 Å². The Hall–Kier alpha value is -2.74. The van der Waals surface area contributed by atoms with Gasteiger partial charge in [-0.1, -0.05) is 6.92 Å². The first-order chi connectivity index (χ1) is 16.5. The topological polar surface area (TPSA) is 119 Å². The third-order valence-electron chi connectivity index (χ3n) is 6.26. The zero-order valence-electron chi connectivity index (χ0n) is 19.4. The number of hydrogen-bond donors (Lipinski definition) is 1. The summed E-state index contributed by atoms with van der Waals surface area (Å²) in [6.45, 7) is 3.17. The lowest BCUT2D eigenvalue weighted by Gasteiger charge is -2.36. The number of halogens is 3. The van der Waals surface area contributed by atoms with Crippen molar-refractivity contribution in [3.63, 3.8) is 0 Å². The van der Waals surface area contributed by atoms with E-state index in [0.29, 0.717) is 38.9 Å². The predicted octanol–water partition coefficient (Wildman–Crippen LogP) is 2.58. The maximum absolute atomic E-state index is 13.8. The van der Waals surface area contributed by atoms with Crippen LogP contribution < -0.4 is 10.2 Å². The molecule has 2 aromatic heterocycles. The number of aromatic nitrogens is 4. The molecule has 4 heterocycles. The molecular weight excluding hydrogens is 489 g/mol. The quantitative estimate of drug-likeness (QED) is 0.558. The molecule has 2 aliphatic heterocycles. The van der Waals surface area contributed by atoms with Gasteiger partial charge >= 0.3 is 6.18 Å². The average molecular weight is 517 g/mol. The summed E-state index contributed by atoms with van der Waals surface area (Å²) in [7, 11) is -3.55. The third-order valence-corrected chi connectivity index (χ3v) is 6.86. The SMILES string of the molecule is CCc1cn(CCOS(C)(=O)=O)c(C2CCN(c3ncnc4c3C(C(F)(F)F)CC(=O)N4)CC2)n1. The second-order valence-electron chi connectivity index (χ2n) is 8.73. The summed E-state index contributed by atoms with van der Waals surface area (Å²) in [5, 5.41) is 2.44. The van der Waals surface area contributed by atoms with Gasteiger partial charge in [0.2, 0.25) is 5.91 Å². The van der Waals surface area contributed by atoms with Gasteiger partial charge in [0.05, 0.1) is 30.0 Å². The Morgan fingerprint density at radius 2 is 1.94 bits per heavy atom. The van der Waals surface area contributed by atoms with E-state index in [1.54, 1.807) is 4.90 Å². The summed E-state index contributed by atoms with van der Waals surface area (Å²) in [5.41, 5.74) is 0.779. The van der Waals surface area contributed by atoms with Gasteiger partial charge in [0.1, 0.15) is 23.8 Å². The number of imidazole rings is 1. The lowest BCUT2D eigenvalue weighted by atomic mass is 9.90. The molecule has 0 bridgehead atoms. The van der Waals surface area contributed by atoms with E-state index >= 15 is 0 Å². The van der Waals surface area contributed by atoms with E-state index in [1.807, 2.05) is 17.7 Å². The zero-order chi connectivity index (χ0) is 25.4. The number of rotatable bonds is 7. The van der Waals surface area contributed by atoms with Gasteiger partial charge in [-0.05, 0) is 19.3 Å². The van der Waals surface area contributed by atoms with Crippen molar-refractivity contribution in [1.29, 1.82) is 0 Å². The summed E-state index contributed by atoms with van der Waals surface area (Å²) in [4.78, 5) is 26.4. The van der Waals surface area contributed by atoms with Crippen LogP contribution in [0.4, 0.5) is 24.8 Å². The molecule has 1 saturated heterocycles. The van der Waals surface area contributed by atoms with Crippen molar-refractivity contribution in [2.24, 2.45) is 0 Å². The zero-order valence-corrected chi connectivity index (χ0v) is 20.2. The molecule has 0 radical (unpaired) electrons. The van der Waals surface area contributed by atoms with Crippen LogP contribution in [-0.4, -0.2) is 66.0 Å². The number of carbonyl (C=O) groups excluding carboxylic acids is 1. The van der Waals surface area contributed by atoms with Gasteiger partial charge in [-0.3, -0.25) is 8.98 Å². The van der Waals surface area contributed by atoms with Crippen LogP contribution in [0.5, 0.6) is 0 Å². The number of carbonyl (C=O) groups is 1. The molecule has 2 aromatic rings. The Labute approximate surface area is 201 Å². The Balaban J connectivity index is 1.52. The van der Waals surface area contributed by atoms with Crippen LogP contribution >= 0.6 is 0 Å². The lowest BCUT2D eigenvalue weighted by molar-refractivity contribution is -0.156. The van der Waals surface area contributed by atoms with Crippen molar-refractivity contribution in [3.05, 3.63) is 29.6 Å². The molecule has 192 valence electrons. The van der Waals surface area contributed by atoms with Crippen molar-refractivity contribution in [3.8, 4) is 0 Å². The monoisotopic (exact) mass is 516 g/mol. The number of fused-ring (bicyclic) bond motifs is 1. The number of hydrogen-bond acceptors (Lipinski definition) is 8. The summed E-state index contributed by atoms with van der Waals surface area (Å²) < 4.78 is 70.6. The average Bonchev–Trinajstić information content (AvgIpc) is 3.20. The first kappa shape index (κ1) is 25.4. The fourth-order valence-corrected chi connectivity index (χ4v) is 4.98. The number of nitrogens with one attached hydrogen (secondary N) is 1. The number of aryl methyl sites for hydroxylation is 1. The highest BCUT2D eigenvalue weighted by Crippen LogP contribution is 2.46. The van der Waals surface area contributed by atoms with Crippen LogP contribution in [0.3, 0.4) is 0 Å². The number of piperidine rings is 1. The molecule has 1 unspecified atom stereocenters. The highest BCUT2D eigenvalue weighted by Gasteiger charge is 2.48. The maximum atomic E-state index is 13.8. The van der Waals surface area contributed by atoms with Crippen LogP contribution in [0.1, 0.15) is 55.1 Å². The number of alkyl halides is 3. The van der Waals surface area contributed by atoms with E-state index in [0.717, 1.165) is 17.8 Å². The fourth-order valence-electron chi connectivity index (χ4n) is 4.61. The van der Waals surface area contributed by atoms with E-state index in [9.17, 15) is 26.4 Å². The molecule has 0 aromatic carbocycles. The van der Waals surface area contributed by atoms with Crippen LogP contribution in [0, 0.1) is 0 Å². The predicted molar refractivity (Wildman–Crippen MR) is 121 cm³/mol. The summed E-state index contributed by atoms with van der Waals surface area (Å²) in [5.74, 6) is -1.73. The minimum atomic E-state index is -4.60. The first-order valence-corrected chi connectivity index (χ1v) is 13.1. The van der Waals surface area contributed by atoms with Gasteiger partial charge in [-0.25, -0.2) is 15.0 Å². The van der Waals surface area contributed by atoms with Crippen LogP contribution in [-0.2, 0) is 32.1 Å². The molecule has 4 rings (SSSR count). The molecule has 1 amide bonds. The molecule has 0 aliphatic carbocycles. The van der Waals surface area contributed by atoms with Gasteiger partial charge in [-0.15, -0.1) is 0 Å². The van der Waals surface area contributed by atoms with E-state index in [2.05, 4.69) is 15.3 Å². The van der Waals surface area contributed by atoms with Crippen molar-refractivity contribution in [2.45, 2.75) is 57.2 Å². The Morgan fingerprint density at radius 3 is 2.57 bits per heavy atom.